The maximum Gasteiger partial charge on any atom is 0.292 e. The molecule has 0 spiro atoms. The number of non-ortho nitro benzene ring substituents is 1. The van der Waals surface area contributed by atoms with Crippen LogP contribution in [0, 0.1) is 10.1 Å². The second kappa shape index (κ2) is 5.88. The van der Waals surface area contributed by atoms with E-state index in [0.29, 0.717) is 23.4 Å². The minimum atomic E-state index is -0.736. The Morgan fingerprint density at radius 3 is 2.61 bits per heavy atom. The lowest BCUT2D eigenvalue weighted by Gasteiger charge is -2.19. The molecule has 0 saturated carbocycles. The molecule has 0 atom stereocenters. The number of hydrogen-bond donors (Lipinski definition) is 2. The van der Waals surface area contributed by atoms with Gasteiger partial charge >= 0.3 is 0 Å². The van der Waals surface area contributed by atoms with Gasteiger partial charge in [-0.2, -0.15) is 0 Å². The highest BCUT2D eigenvalue weighted by Gasteiger charge is 2.27. The summed E-state index contributed by atoms with van der Waals surface area (Å²) in [5.74, 6) is -1.28. The van der Waals surface area contributed by atoms with Crippen LogP contribution in [0.5, 0.6) is 0 Å². The topological polar surface area (TPSA) is 101 Å². The number of nitro benzene ring substituents is 1. The van der Waals surface area contributed by atoms with Gasteiger partial charge in [-0.15, -0.1) is 0 Å². The molecule has 7 heteroatoms. The van der Waals surface area contributed by atoms with E-state index in [2.05, 4.69) is 10.6 Å². The Hall–Kier alpha value is -3.22. The van der Waals surface area contributed by atoms with Crippen molar-refractivity contribution in [1.29, 1.82) is 0 Å². The number of rotatable bonds is 4. The van der Waals surface area contributed by atoms with Crippen molar-refractivity contribution < 1.29 is 14.5 Å². The van der Waals surface area contributed by atoms with Gasteiger partial charge in [0.2, 0.25) is 5.78 Å². The Labute approximate surface area is 131 Å². The average molecular weight is 311 g/mol. The molecule has 1 amide bonds. The van der Waals surface area contributed by atoms with Gasteiger partial charge in [-0.25, -0.2) is 0 Å². The lowest BCUT2D eigenvalue weighted by molar-refractivity contribution is -0.384. The fourth-order valence-corrected chi connectivity index (χ4v) is 2.48. The number of Topliss-reactive ketones (excluding diaryl/α,β-unsaturated/α-hetero) is 1. The second-order valence-corrected chi connectivity index (χ2v) is 5.16. The van der Waals surface area contributed by atoms with Gasteiger partial charge in [0.05, 0.1) is 10.6 Å². The number of para-hydroxylation sites is 1. The average Bonchev–Trinajstić information content (AvgIpc) is 2.54. The van der Waals surface area contributed by atoms with Crippen molar-refractivity contribution in [3.63, 3.8) is 0 Å². The fourth-order valence-electron chi connectivity index (χ4n) is 2.48. The van der Waals surface area contributed by atoms with E-state index in [1.165, 1.54) is 12.1 Å². The molecule has 0 radical (unpaired) electrons. The maximum absolute atomic E-state index is 11.6. The van der Waals surface area contributed by atoms with Crippen molar-refractivity contribution in [1.82, 2.24) is 0 Å². The van der Waals surface area contributed by atoms with E-state index in [1.54, 1.807) is 0 Å². The van der Waals surface area contributed by atoms with Crippen LogP contribution in [-0.4, -0.2) is 16.6 Å². The summed E-state index contributed by atoms with van der Waals surface area (Å²) >= 11 is 0. The van der Waals surface area contributed by atoms with Crippen LogP contribution in [0.3, 0.4) is 0 Å². The zero-order chi connectivity index (χ0) is 16.4. The normalized spacial score (nSPS) is 13.2. The first kappa shape index (κ1) is 14.7. The van der Waals surface area contributed by atoms with Crippen LogP contribution in [-0.2, 0) is 22.6 Å². The van der Waals surface area contributed by atoms with Crippen LogP contribution in [0.25, 0.3) is 0 Å². The number of nitro groups is 1. The summed E-state index contributed by atoms with van der Waals surface area (Å²) in [4.78, 5) is 33.7. The SMILES string of the molecule is O=C1Cc2c(CNc3ccccc3)cc([N+](=O)[O-])cc2NC1=O. The summed E-state index contributed by atoms with van der Waals surface area (Å²) in [5, 5.41) is 16.6. The molecule has 116 valence electrons. The van der Waals surface area contributed by atoms with Gasteiger partial charge in [0.1, 0.15) is 0 Å². The zero-order valence-electron chi connectivity index (χ0n) is 12.0. The molecule has 2 aromatic carbocycles. The highest BCUT2D eigenvalue weighted by atomic mass is 16.6. The summed E-state index contributed by atoms with van der Waals surface area (Å²) < 4.78 is 0. The number of hydrogen-bond acceptors (Lipinski definition) is 5. The van der Waals surface area contributed by atoms with Crippen LogP contribution in [0.15, 0.2) is 42.5 Å². The van der Waals surface area contributed by atoms with Crippen LogP contribution >= 0.6 is 0 Å². The first-order chi connectivity index (χ1) is 11.0. The Morgan fingerprint density at radius 2 is 1.91 bits per heavy atom. The van der Waals surface area contributed by atoms with Crippen LogP contribution in [0.2, 0.25) is 0 Å². The largest absolute Gasteiger partial charge is 0.381 e. The first-order valence-corrected chi connectivity index (χ1v) is 6.98. The van der Waals surface area contributed by atoms with Crippen molar-refractivity contribution in [3.05, 3.63) is 63.7 Å². The Kier molecular flexibility index (Phi) is 3.76. The molecule has 2 aromatic rings. The number of amides is 1. The molecule has 1 heterocycles. The highest BCUT2D eigenvalue weighted by molar-refractivity contribution is 6.42. The molecule has 0 unspecified atom stereocenters. The van der Waals surface area contributed by atoms with Gasteiger partial charge in [-0.05, 0) is 23.3 Å². The van der Waals surface area contributed by atoms with E-state index in [1.807, 2.05) is 30.3 Å². The molecule has 1 aliphatic rings. The van der Waals surface area contributed by atoms with Crippen molar-refractivity contribution in [2.75, 3.05) is 10.6 Å². The van der Waals surface area contributed by atoms with Crippen LogP contribution in [0.4, 0.5) is 17.1 Å². The number of fused-ring (bicyclic) bond motifs is 1. The van der Waals surface area contributed by atoms with E-state index >= 15 is 0 Å². The Morgan fingerprint density at radius 1 is 1.17 bits per heavy atom. The molecule has 0 bridgehead atoms. The number of nitrogens with one attached hydrogen (secondary N) is 2. The predicted octanol–water partition coefficient (Wildman–Crippen LogP) is 2.27. The maximum atomic E-state index is 11.6. The third-order valence-corrected chi connectivity index (χ3v) is 3.63. The second-order valence-electron chi connectivity index (χ2n) is 5.16. The number of nitrogens with zero attached hydrogens (tertiary/aromatic N) is 1. The lowest BCUT2D eigenvalue weighted by atomic mass is 9.95. The Balaban J connectivity index is 1.96. The van der Waals surface area contributed by atoms with Gasteiger partial charge in [-0.3, -0.25) is 19.7 Å². The van der Waals surface area contributed by atoms with E-state index in [-0.39, 0.29) is 12.1 Å². The van der Waals surface area contributed by atoms with Gasteiger partial charge in [-0.1, -0.05) is 18.2 Å². The summed E-state index contributed by atoms with van der Waals surface area (Å²) in [5.41, 5.74) is 2.30. The van der Waals surface area contributed by atoms with Gasteiger partial charge < -0.3 is 10.6 Å². The molecule has 7 nitrogen and oxygen atoms in total. The Bertz CT molecular complexity index is 802. The third-order valence-electron chi connectivity index (χ3n) is 3.63. The molecule has 0 aromatic heterocycles. The number of benzene rings is 2. The molecule has 2 N–H and O–H groups in total. The lowest BCUT2D eigenvalue weighted by Crippen LogP contribution is -2.30. The number of carbonyl (C=O) groups is 2. The minimum absolute atomic E-state index is 0.0506. The van der Waals surface area contributed by atoms with Crippen LogP contribution in [0.1, 0.15) is 11.1 Å². The number of carbonyl (C=O) groups excluding carboxylic acids is 2. The summed E-state index contributed by atoms with van der Waals surface area (Å²) in [6.07, 6.45) is -0.0506. The summed E-state index contributed by atoms with van der Waals surface area (Å²) in [6, 6.07) is 12.1. The predicted molar refractivity (Wildman–Crippen MR) is 84.2 cm³/mol. The smallest absolute Gasteiger partial charge is 0.292 e. The van der Waals surface area contributed by atoms with Crippen molar-refractivity contribution in [2.45, 2.75) is 13.0 Å². The minimum Gasteiger partial charge on any atom is -0.381 e. The third kappa shape index (κ3) is 3.03. The summed E-state index contributed by atoms with van der Waals surface area (Å²) in [6.45, 7) is 0.317. The molecule has 0 aliphatic carbocycles. The monoisotopic (exact) mass is 311 g/mol. The highest BCUT2D eigenvalue weighted by Crippen LogP contribution is 2.30. The number of ketones is 1. The first-order valence-electron chi connectivity index (χ1n) is 6.98. The number of anilines is 2. The van der Waals surface area contributed by atoms with Gasteiger partial charge in [0.25, 0.3) is 11.6 Å². The van der Waals surface area contributed by atoms with Gasteiger partial charge in [0, 0.05) is 30.8 Å². The molecule has 1 aliphatic heterocycles. The van der Waals surface area contributed by atoms with Crippen molar-refractivity contribution in [2.24, 2.45) is 0 Å². The standard InChI is InChI=1S/C16H13N3O4/c20-15-8-13-10(9-17-11-4-2-1-3-5-11)6-12(19(22)23)7-14(13)18-16(15)21/h1-7,17H,8-9H2,(H,18,21). The molecule has 0 fully saturated rings. The van der Waals surface area contributed by atoms with Gasteiger partial charge in [0.15, 0.2) is 0 Å². The van der Waals surface area contributed by atoms with E-state index in [4.69, 9.17) is 0 Å². The van der Waals surface area contributed by atoms with E-state index in [9.17, 15) is 19.7 Å². The van der Waals surface area contributed by atoms with Crippen molar-refractivity contribution >= 4 is 28.8 Å². The molecular weight excluding hydrogens is 298 g/mol. The van der Waals surface area contributed by atoms with E-state index < -0.39 is 16.6 Å². The van der Waals surface area contributed by atoms with Crippen molar-refractivity contribution in [3.8, 4) is 0 Å². The molecule has 23 heavy (non-hydrogen) atoms. The summed E-state index contributed by atoms with van der Waals surface area (Å²) in [7, 11) is 0. The molecular formula is C16H13N3O4. The van der Waals surface area contributed by atoms with Crippen LogP contribution < -0.4 is 10.6 Å². The van der Waals surface area contributed by atoms with E-state index in [0.717, 1.165) is 5.69 Å². The fraction of sp³-hybridized carbons (Fsp3) is 0.125. The quantitative estimate of drug-likeness (QED) is 0.512. The molecule has 0 saturated heterocycles. The zero-order valence-corrected chi connectivity index (χ0v) is 12.0. The molecule has 3 rings (SSSR count).